The van der Waals surface area contributed by atoms with Gasteiger partial charge in [0.05, 0.1) is 13.2 Å². The molecule has 29 heavy (non-hydrogen) atoms. The summed E-state index contributed by atoms with van der Waals surface area (Å²) in [6.45, 7) is 11.1. The van der Waals surface area contributed by atoms with Gasteiger partial charge in [0, 0.05) is 28.6 Å². The van der Waals surface area contributed by atoms with Gasteiger partial charge in [0.2, 0.25) is 0 Å². The van der Waals surface area contributed by atoms with Gasteiger partial charge >= 0.3 is 6.09 Å². The molecule has 156 valence electrons. The van der Waals surface area contributed by atoms with Crippen LogP contribution in [0.4, 0.5) is 4.79 Å². The zero-order valence-corrected chi connectivity index (χ0v) is 18.7. The maximum atomic E-state index is 12.4. The lowest BCUT2D eigenvalue weighted by molar-refractivity contribution is 0.201. The molecule has 1 aromatic heterocycles. The summed E-state index contributed by atoms with van der Waals surface area (Å²) in [4.78, 5) is 13.7. The molecule has 0 spiro atoms. The highest BCUT2D eigenvalue weighted by molar-refractivity contribution is 7.14. The van der Waals surface area contributed by atoms with Gasteiger partial charge in [0.15, 0.2) is 5.06 Å². The first kappa shape index (κ1) is 20.1. The molecule has 4 rings (SSSR count). The predicted octanol–water partition coefficient (Wildman–Crippen LogP) is 5.44. The average molecular weight is 416 g/mol. The predicted molar refractivity (Wildman–Crippen MR) is 114 cm³/mol. The second-order valence-electron chi connectivity index (χ2n) is 8.83. The van der Waals surface area contributed by atoms with E-state index >= 15 is 0 Å². The minimum Gasteiger partial charge on any atom is -0.496 e. The number of ether oxygens (including phenoxy) is 3. The van der Waals surface area contributed by atoms with Crippen LogP contribution in [0.5, 0.6) is 16.6 Å². The van der Waals surface area contributed by atoms with Gasteiger partial charge in [-0.1, -0.05) is 13.8 Å². The molecule has 2 aliphatic carbocycles. The van der Waals surface area contributed by atoms with E-state index in [0.29, 0.717) is 29.5 Å². The second-order valence-corrected chi connectivity index (χ2v) is 10.0. The molecule has 1 saturated carbocycles. The van der Waals surface area contributed by atoms with Crippen LogP contribution < -0.4 is 19.5 Å². The number of carbonyl (C=O) groups excluding carboxylic acids is 1. The fourth-order valence-electron chi connectivity index (χ4n) is 4.68. The minimum atomic E-state index is -0.432. The highest BCUT2D eigenvalue weighted by Crippen LogP contribution is 2.72. The summed E-state index contributed by atoms with van der Waals surface area (Å²) in [5.74, 6) is 2.75. The summed E-state index contributed by atoms with van der Waals surface area (Å²) in [5.41, 5.74) is 3.93. The molecule has 0 aliphatic heterocycles. The molecule has 1 aromatic carbocycles. The smallest absolute Gasteiger partial charge is 0.413 e. The molecule has 2 aliphatic rings. The highest BCUT2D eigenvalue weighted by atomic mass is 32.1. The quantitative estimate of drug-likeness (QED) is 0.683. The van der Waals surface area contributed by atoms with Gasteiger partial charge in [0.1, 0.15) is 11.5 Å². The Morgan fingerprint density at radius 1 is 1.34 bits per heavy atom. The van der Waals surface area contributed by atoms with Crippen molar-refractivity contribution in [3.63, 3.8) is 0 Å². The van der Waals surface area contributed by atoms with Crippen LogP contribution in [0.1, 0.15) is 55.2 Å². The van der Waals surface area contributed by atoms with Crippen LogP contribution in [-0.2, 0) is 13.0 Å². The third-order valence-electron chi connectivity index (χ3n) is 6.22. The van der Waals surface area contributed by atoms with Crippen LogP contribution in [0.25, 0.3) is 0 Å². The molecule has 5 nitrogen and oxygen atoms in total. The largest absolute Gasteiger partial charge is 0.496 e. The van der Waals surface area contributed by atoms with Crippen LogP contribution in [0, 0.1) is 18.3 Å². The van der Waals surface area contributed by atoms with Gasteiger partial charge in [-0.15, -0.1) is 11.3 Å². The zero-order chi connectivity index (χ0) is 20.9. The lowest BCUT2D eigenvalue weighted by Crippen LogP contribution is -2.26. The zero-order valence-electron chi connectivity index (χ0n) is 17.9. The van der Waals surface area contributed by atoms with E-state index < -0.39 is 6.09 Å². The van der Waals surface area contributed by atoms with E-state index in [1.54, 1.807) is 18.4 Å². The Bertz CT molecular complexity index is 947. The van der Waals surface area contributed by atoms with Crippen LogP contribution >= 0.6 is 11.3 Å². The van der Waals surface area contributed by atoms with Crippen LogP contribution in [-0.4, -0.2) is 19.3 Å². The summed E-state index contributed by atoms with van der Waals surface area (Å²) < 4.78 is 16.8. The molecule has 2 aromatic rings. The summed E-state index contributed by atoms with van der Waals surface area (Å²) in [5, 5.41) is 3.60. The van der Waals surface area contributed by atoms with Crippen LogP contribution in [0.3, 0.4) is 0 Å². The van der Waals surface area contributed by atoms with E-state index in [1.807, 2.05) is 32.0 Å². The van der Waals surface area contributed by atoms with E-state index in [-0.39, 0.29) is 6.10 Å². The maximum absolute atomic E-state index is 12.4. The fourth-order valence-corrected chi connectivity index (χ4v) is 5.75. The Labute approximate surface area is 176 Å². The Kier molecular flexibility index (Phi) is 5.01. The molecular formula is C23H29NO4S. The fraction of sp³-hybridized carbons (Fsp3) is 0.522. The van der Waals surface area contributed by atoms with Gasteiger partial charge < -0.3 is 19.5 Å². The number of carbonyl (C=O) groups is 1. The summed E-state index contributed by atoms with van der Waals surface area (Å²) in [6.07, 6.45) is 0.676. The minimum absolute atomic E-state index is 0.0891. The number of aryl methyl sites for hydroxylation is 1. The average Bonchev–Trinajstić information content (AvgIpc) is 2.98. The number of hydrogen-bond donors (Lipinski definition) is 1. The molecule has 0 saturated heterocycles. The van der Waals surface area contributed by atoms with Gasteiger partial charge in [-0.2, -0.15) is 0 Å². The SMILES string of the molecule is COc1cc(OC(C)C)ccc1CNC(=O)Oc1sc(C)c2c1C[C@@H]1[C@H]2C1(C)C. The van der Waals surface area contributed by atoms with E-state index in [2.05, 4.69) is 26.1 Å². The van der Waals surface area contributed by atoms with Crippen LogP contribution in [0.2, 0.25) is 0 Å². The van der Waals surface area contributed by atoms with Crippen molar-refractivity contribution < 1.29 is 19.0 Å². The lowest BCUT2D eigenvalue weighted by Gasteiger charge is -2.14. The molecule has 1 fully saturated rings. The summed E-state index contributed by atoms with van der Waals surface area (Å²) >= 11 is 1.59. The first-order valence-electron chi connectivity index (χ1n) is 10.1. The standard InChI is InChI=1S/C23H29NO4S/c1-12(2)27-15-8-7-14(18(9-15)26-6)11-24-22(25)28-21-16-10-17-20(23(17,4)5)19(16)13(3)29-21/h7-9,12,17,20H,10-11H2,1-6H3,(H,24,25)/t17-,20-/m1/s1. The Hall–Kier alpha value is -2.21. The van der Waals surface area contributed by atoms with E-state index in [4.69, 9.17) is 14.2 Å². The van der Waals surface area contributed by atoms with Crippen molar-refractivity contribution in [1.82, 2.24) is 5.32 Å². The number of rotatable bonds is 6. The number of fused-ring (bicyclic) bond motifs is 3. The second kappa shape index (κ2) is 7.24. The summed E-state index contributed by atoms with van der Waals surface area (Å²) in [7, 11) is 1.61. The molecule has 0 radical (unpaired) electrons. The monoisotopic (exact) mass is 415 g/mol. The van der Waals surface area contributed by atoms with Gasteiger partial charge in [-0.25, -0.2) is 4.79 Å². The number of amides is 1. The molecule has 1 N–H and O–H groups in total. The van der Waals surface area contributed by atoms with Crippen molar-refractivity contribution in [1.29, 1.82) is 0 Å². The van der Waals surface area contributed by atoms with Crippen molar-refractivity contribution >= 4 is 17.4 Å². The van der Waals surface area contributed by atoms with Gasteiger partial charge in [-0.3, -0.25) is 0 Å². The Balaban J connectivity index is 1.40. The van der Waals surface area contributed by atoms with Crippen molar-refractivity contribution in [2.24, 2.45) is 11.3 Å². The van der Waals surface area contributed by atoms with Crippen LogP contribution in [0.15, 0.2) is 18.2 Å². The maximum Gasteiger partial charge on any atom is 0.413 e. The van der Waals surface area contributed by atoms with E-state index in [1.165, 1.54) is 16.0 Å². The van der Waals surface area contributed by atoms with Gasteiger partial charge in [-0.05, 0) is 62.1 Å². The molecular weight excluding hydrogens is 386 g/mol. The lowest BCUT2D eigenvalue weighted by atomic mass is 9.96. The van der Waals surface area contributed by atoms with Crippen molar-refractivity contribution in [3.8, 4) is 16.6 Å². The van der Waals surface area contributed by atoms with Crippen molar-refractivity contribution in [2.45, 2.75) is 59.6 Å². The van der Waals surface area contributed by atoms with E-state index in [0.717, 1.165) is 22.8 Å². The van der Waals surface area contributed by atoms with Crippen molar-refractivity contribution in [3.05, 3.63) is 39.8 Å². The summed E-state index contributed by atoms with van der Waals surface area (Å²) in [6, 6.07) is 5.62. The highest BCUT2D eigenvalue weighted by Gasteiger charge is 2.63. The number of benzene rings is 1. The molecule has 6 heteroatoms. The first-order valence-corrected chi connectivity index (χ1v) is 11.0. The molecule has 0 unspecified atom stereocenters. The molecule has 0 bridgehead atoms. The first-order chi connectivity index (χ1) is 13.7. The number of thiophene rings is 1. The Morgan fingerprint density at radius 2 is 2.10 bits per heavy atom. The van der Waals surface area contributed by atoms with Gasteiger partial charge in [0.25, 0.3) is 0 Å². The number of hydrogen-bond acceptors (Lipinski definition) is 5. The third kappa shape index (κ3) is 3.59. The van der Waals surface area contributed by atoms with E-state index in [9.17, 15) is 4.79 Å². The number of nitrogens with one attached hydrogen (secondary N) is 1. The molecule has 1 amide bonds. The topological polar surface area (TPSA) is 56.8 Å². The molecule has 1 heterocycles. The molecule has 2 atom stereocenters. The Morgan fingerprint density at radius 3 is 2.79 bits per heavy atom. The third-order valence-corrected chi connectivity index (χ3v) is 7.26. The van der Waals surface area contributed by atoms with Crippen molar-refractivity contribution in [2.75, 3.05) is 7.11 Å². The number of methoxy groups -OCH3 is 1. The normalized spacial score (nSPS) is 20.8.